The summed E-state index contributed by atoms with van der Waals surface area (Å²) in [5.74, 6) is 0. The molecule has 1 aliphatic carbocycles. The Balaban J connectivity index is 2.57. The molecule has 1 fully saturated rings. The molecule has 0 spiro atoms. The van der Waals surface area contributed by atoms with Gasteiger partial charge in [0.15, 0.2) is 0 Å². The van der Waals surface area contributed by atoms with Gasteiger partial charge >= 0.3 is 0 Å². The molecule has 1 rings (SSSR count). The van der Waals surface area contributed by atoms with Gasteiger partial charge in [-0.05, 0) is 25.7 Å². The van der Waals surface area contributed by atoms with Gasteiger partial charge in [-0.3, -0.25) is 0 Å². The number of rotatable bonds is 6. The molecule has 0 heterocycles. The van der Waals surface area contributed by atoms with Gasteiger partial charge < -0.3 is 5.32 Å². The molecule has 2 nitrogen and oxygen atoms in total. The Morgan fingerprint density at radius 1 is 1.44 bits per heavy atom. The third-order valence-electron chi connectivity index (χ3n) is 3.79. The summed E-state index contributed by atoms with van der Waals surface area (Å²) in [6, 6.07) is 2.57. The van der Waals surface area contributed by atoms with Gasteiger partial charge in [-0.25, -0.2) is 0 Å². The van der Waals surface area contributed by atoms with Gasteiger partial charge in [-0.15, -0.1) is 6.58 Å². The first-order valence-corrected chi connectivity index (χ1v) is 6.52. The van der Waals surface area contributed by atoms with Crippen LogP contribution in [0.25, 0.3) is 0 Å². The largest absolute Gasteiger partial charge is 0.307 e. The Labute approximate surface area is 99.7 Å². The summed E-state index contributed by atoms with van der Waals surface area (Å²) in [4.78, 5) is 0. The lowest BCUT2D eigenvalue weighted by molar-refractivity contribution is 0.199. The molecule has 1 N–H and O–H groups in total. The smallest absolute Gasteiger partial charge is 0.0638 e. The number of nitrogens with one attached hydrogen (secondary N) is 1. The zero-order valence-corrected chi connectivity index (χ0v) is 10.5. The van der Waals surface area contributed by atoms with Crippen LogP contribution in [0.1, 0.15) is 58.3 Å². The van der Waals surface area contributed by atoms with E-state index in [2.05, 4.69) is 24.9 Å². The molecular weight excluding hydrogens is 196 g/mol. The van der Waals surface area contributed by atoms with Crippen molar-refractivity contribution < 1.29 is 0 Å². The van der Waals surface area contributed by atoms with Crippen LogP contribution in [-0.2, 0) is 0 Å². The van der Waals surface area contributed by atoms with Crippen molar-refractivity contribution in [1.29, 1.82) is 5.26 Å². The molecule has 1 unspecified atom stereocenters. The zero-order chi connectivity index (χ0) is 11.9. The van der Waals surface area contributed by atoms with Gasteiger partial charge in [0.2, 0.25) is 0 Å². The Morgan fingerprint density at radius 3 is 2.62 bits per heavy atom. The first-order chi connectivity index (χ1) is 7.76. The normalized spacial score (nSPS) is 21.0. The molecule has 1 atom stereocenters. The predicted octanol–water partition coefficient (Wildman–Crippen LogP) is 3.55. The average Bonchev–Trinajstić information content (AvgIpc) is 2.31. The molecule has 0 bridgehead atoms. The van der Waals surface area contributed by atoms with Crippen molar-refractivity contribution in [2.24, 2.45) is 0 Å². The summed E-state index contributed by atoms with van der Waals surface area (Å²) < 4.78 is 0. The van der Waals surface area contributed by atoms with Crippen LogP contribution in [0.5, 0.6) is 0 Å². The maximum absolute atomic E-state index is 8.83. The van der Waals surface area contributed by atoms with Crippen LogP contribution in [0.2, 0.25) is 0 Å². The monoisotopic (exact) mass is 220 g/mol. The number of hydrogen-bond acceptors (Lipinski definition) is 2. The highest BCUT2D eigenvalue weighted by atomic mass is 15.0. The molecule has 0 saturated heterocycles. The topological polar surface area (TPSA) is 35.8 Å². The third kappa shape index (κ3) is 3.64. The van der Waals surface area contributed by atoms with E-state index in [4.69, 9.17) is 5.26 Å². The Kier molecular flexibility index (Phi) is 5.55. The molecule has 0 amide bonds. The van der Waals surface area contributed by atoms with Gasteiger partial charge in [0.1, 0.15) is 0 Å². The van der Waals surface area contributed by atoms with Crippen molar-refractivity contribution in [2.45, 2.75) is 69.9 Å². The van der Waals surface area contributed by atoms with E-state index in [1.807, 2.05) is 6.08 Å². The number of nitriles is 1. The quantitative estimate of drug-likeness (QED) is 0.695. The predicted molar refractivity (Wildman–Crippen MR) is 68.1 cm³/mol. The van der Waals surface area contributed by atoms with E-state index in [0.717, 1.165) is 6.42 Å². The highest BCUT2D eigenvalue weighted by molar-refractivity contribution is 4.96. The van der Waals surface area contributed by atoms with Crippen LogP contribution < -0.4 is 5.32 Å². The highest BCUT2D eigenvalue weighted by Gasteiger charge is 2.31. The second-order valence-corrected chi connectivity index (χ2v) is 4.92. The molecule has 0 aromatic heterocycles. The first kappa shape index (κ1) is 13.3. The van der Waals surface area contributed by atoms with Crippen molar-refractivity contribution in [3.63, 3.8) is 0 Å². The fraction of sp³-hybridized carbons (Fsp3) is 0.786. The first-order valence-electron chi connectivity index (χ1n) is 6.52. The fourth-order valence-electron chi connectivity index (χ4n) is 2.77. The van der Waals surface area contributed by atoms with Crippen LogP contribution in [0, 0.1) is 11.3 Å². The molecule has 0 aromatic rings. The molecule has 0 aliphatic heterocycles. The fourth-order valence-corrected chi connectivity index (χ4v) is 2.77. The Bertz CT molecular complexity index is 246. The van der Waals surface area contributed by atoms with Gasteiger partial charge in [-0.1, -0.05) is 32.3 Å². The van der Waals surface area contributed by atoms with Gasteiger partial charge in [0.25, 0.3) is 0 Å². The van der Waals surface area contributed by atoms with Crippen LogP contribution in [-0.4, -0.2) is 11.6 Å². The maximum Gasteiger partial charge on any atom is 0.0638 e. The summed E-state index contributed by atoms with van der Waals surface area (Å²) in [5.41, 5.74) is 0.294. The summed E-state index contributed by atoms with van der Waals surface area (Å²) >= 11 is 0. The second-order valence-electron chi connectivity index (χ2n) is 4.92. The summed E-state index contributed by atoms with van der Waals surface area (Å²) in [7, 11) is 0. The van der Waals surface area contributed by atoms with E-state index in [9.17, 15) is 0 Å². The van der Waals surface area contributed by atoms with Crippen LogP contribution in [0.15, 0.2) is 12.7 Å². The molecule has 16 heavy (non-hydrogen) atoms. The van der Waals surface area contributed by atoms with Crippen molar-refractivity contribution in [2.75, 3.05) is 0 Å². The molecule has 1 saturated carbocycles. The minimum Gasteiger partial charge on any atom is -0.307 e. The number of nitrogens with zero attached hydrogens (tertiary/aromatic N) is 1. The van der Waals surface area contributed by atoms with Gasteiger partial charge in [-0.2, -0.15) is 5.26 Å². The Hall–Kier alpha value is -0.810. The second kappa shape index (κ2) is 6.70. The van der Waals surface area contributed by atoms with Crippen LogP contribution >= 0.6 is 0 Å². The molecule has 1 aliphatic rings. The molecular formula is C14H24N2. The average molecular weight is 220 g/mol. The number of hydrogen-bond donors (Lipinski definition) is 1. The summed E-state index contributed by atoms with van der Waals surface area (Å²) in [5, 5.41) is 12.6. The minimum atomic E-state index is 0.292. The van der Waals surface area contributed by atoms with Crippen molar-refractivity contribution in [3.8, 4) is 6.07 Å². The molecule has 0 aromatic carbocycles. The van der Waals surface area contributed by atoms with E-state index < -0.39 is 0 Å². The lowest BCUT2D eigenvalue weighted by atomic mass is 9.79. The lowest BCUT2D eigenvalue weighted by Gasteiger charge is -2.40. The summed E-state index contributed by atoms with van der Waals surface area (Å²) in [6.45, 7) is 6.03. The maximum atomic E-state index is 8.83. The van der Waals surface area contributed by atoms with Gasteiger partial charge in [0.05, 0.1) is 12.5 Å². The minimum absolute atomic E-state index is 0.292. The third-order valence-corrected chi connectivity index (χ3v) is 3.79. The Morgan fingerprint density at radius 2 is 2.12 bits per heavy atom. The summed E-state index contributed by atoms with van der Waals surface area (Å²) in [6.07, 6.45) is 11.1. The van der Waals surface area contributed by atoms with E-state index in [-0.39, 0.29) is 0 Å². The van der Waals surface area contributed by atoms with Crippen molar-refractivity contribution in [1.82, 2.24) is 5.32 Å². The van der Waals surface area contributed by atoms with E-state index >= 15 is 0 Å². The molecule has 0 radical (unpaired) electrons. The molecule has 90 valence electrons. The highest BCUT2D eigenvalue weighted by Crippen LogP contribution is 2.31. The van der Waals surface area contributed by atoms with Gasteiger partial charge in [0, 0.05) is 11.6 Å². The van der Waals surface area contributed by atoms with E-state index in [0.29, 0.717) is 18.0 Å². The van der Waals surface area contributed by atoms with E-state index in [1.165, 1.54) is 38.5 Å². The zero-order valence-electron chi connectivity index (χ0n) is 10.5. The van der Waals surface area contributed by atoms with E-state index in [1.54, 1.807) is 0 Å². The lowest BCUT2D eigenvalue weighted by Crippen LogP contribution is -2.51. The van der Waals surface area contributed by atoms with Crippen LogP contribution in [0.4, 0.5) is 0 Å². The van der Waals surface area contributed by atoms with Crippen molar-refractivity contribution in [3.05, 3.63) is 12.7 Å². The molecule has 2 heteroatoms. The standard InChI is InChI=1S/C14H24N2/c1-3-8-13(9-12-15)16-14(4-2)10-6-5-7-11-14/h3,13,16H,1,4-11H2,2H3. The van der Waals surface area contributed by atoms with Crippen LogP contribution in [0.3, 0.4) is 0 Å². The van der Waals surface area contributed by atoms with Crippen molar-refractivity contribution >= 4 is 0 Å². The SMILES string of the molecule is C=CCC(CC#N)NC1(CC)CCCCC1.